The molecule has 3 amide bonds. The van der Waals surface area contributed by atoms with Crippen LogP contribution < -0.4 is 25.1 Å². The molecule has 1 unspecified atom stereocenters. The van der Waals surface area contributed by atoms with Crippen molar-refractivity contribution in [3.63, 3.8) is 0 Å². The number of nitrogens with zero attached hydrogens (tertiary/aromatic N) is 2. The van der Waals surface area contributed by atoms with Gasteiger partial charge in [-0.05, 0) is 79.8 Å². The number of nitrogens with one attached hydrogen (secondary N) is 2. The first-order chi connectivity index (χ1) is 18.3. The quantitative estimate of drug-likeness (QED) is 0.350. The highest BCUT2D eigenvalue weighted by Gasteiger charge is 2.45. The molecule has 4 rings (SSSR count). The third kappa shape index (κ3) is 6.12. The molecule has 0 bridgehead atoms. The van der Waals surface area contributed by atoms with E-state index in [2.05, 4.69) is 26.7 Å². The molecule has 0 aromatic heterocycles. The van der Waals surface area contributed by atoms with E-state index in [9.17, 15) is 14.4 Å². The van der Waals surface area contributed by atoms with Crippen molar-refractivity contribution in [2.24, 2.45) is 0 Å². The van der Waals surface area contributed by atoms with Crippen LogP contribution in [0.5, 0.6) is 11.5 Å². The fraction of sp³-hybridized carbons (Fsp3) is 0.185. The Bertz CT molecular complexity index is 1350. The molecule has 3 aromatic rings. The molecule has 38 heavy (non-hydrogen) atoms. The Labute approximate surface area is 233 Å². The molecule has 0 saturated carbocycles. The summed E-state index contributed by atoms with van der Waals surface area (Å²) in [6.07, 6.45) is -0.259. The second-order valence-corrected chi connectivity index (χ2v) is 9.48. The zero-order valence-corrected chi connectivity index (χ0v) is 23.0. The van der Waals surface area contributed by atoms with Gasteiger partial charge in [-0.3, -0.25) is 24.7 Å². The van der Waals surface area contributed by atoms with Crippen molar-refractivity contribution in [3.8, 4) is 11.5 Å². The van der Waals surface area contributed by atoms with Gasteiger partial charge >= 0.3 is 0 Å². The lowest BCUT2D eigenvalue weighted by Crippen LogP contribution is -2.49. The number of thiocarbonyl (C=S) groups is 1. The van der Waals surface area contributed by atoms with Crippen molar-refractivity contribution in [3.05, 3.63) is 82.8 Å². The van der Waals surface area contributed by atoms with Crippen LogP contribution in [0.1, 0.15) is 23.7 Å². The first-order valence-corrected chi connectivity index (χ1v) is 12.9. The Balaban J connectivity index is 1.58. The Morgan fingerprint density at radius 1 is 1.03 bits per heavy atom. The van der Waals surface area contributed by atoms with E-state index >= 15 is 0 Å². The predicted octanol–water partition coefficient (Wildman–Crippen LogP) is 4.53. The largest absolute Gasteiger partial charge is 0.497 e. The van der Waals surface area contributed by atoms with E-state index in [-0.39, 0.29) is 11.5 Å². The molecule has 0 aliphatic carbocycles. The maximum absolute atomic E-state index is 13.6. The lowest BCUT2D eigenvalue weighted by molar-refractivity contribution is -0.124. The number of carbonyl (C=O) groups is 3. The van der Waals surface area contributed by atoms with Gasteiger partial charge in [0.15, 0.2) is 0 Å². The standard InChI is InChI=1S/C27H25BrN4O5S/c1-3-37-22-6-4-5-19(15-22)29-24(33)16-23-26(35)31(20-11-13-21(36-2)14-12-20)27(38)32(23)30-25(34)17-7-9-18(28)10-8-17/h4-15,23H,3,16H2,1-2H3,(H,29,33)(H,30,34). The van der Waals surface area contributed by atoms with Crippen LogP contribution in [0.3, 0.4) is 0 Å². The Morgan fingerprint density at radius 2 is 1.74 bits per heavy atom. The molecule has 1 aliphatic rings. The topological polar surface area (TPSA) is 100 Å². The van der Waals surface area contributed by atoms with Crippen molar-refractivity contribution < 1.29 is 23.9 Å². The van der Waals surface area contributed by atoms with Gasteiger partial charge in [0, 0.05) is 21.8 Å². The SMILES string of the molecule is CCOc1cccc(NC(=O)CC2C(=O)N(c3ccc(OC)cc3)C(=S)N2NC(=O)c2ccc(Br)cc2)c1. The van der Waals surface area contributed by atoms with Gasteiger partial charge in [-0.2, -0.15) is 0 Å². The number of rotatable bonds is 9. The molecule has 1 aliphatic heterocycles. The number of hydrogen-bond acceptors (Lipinski definition) is 6. The summed E-state index contributed by atoms with van der Waals surface area (Å²) in [7, 11) is 1.54. The summed E-state index contributed by atoms with van der Waals surface area (Å²) in [5.41, 5.74) is 4.08. The molecular formula is C27H25BrN4O5S. The Morgan fingerprint density at radius 3 is 2.39 bits per heavy atom. The molecule has 11 heteroatoms. The first-order valence-electron chi connectivity index (χ1n) is 11.7. The maximum Gasteiger partial charge on any atom is 0.269 e. The summed E-state index contributed by atoms with van der Waals surface area (Å²) < 4.78 is 11.5. The monoisotopic (exact) mass is 596 g/mol. The summed E-state index contributed by atoms with van der Waals surface area (Å²) in [5, 5.41) is 4.10. The van der Waals surface area contributed by atoms with E-state index in [4.69, 9.17) is 21.7 Å². The molecule has 2 N–H and O–H groups in total. The van der Waals surface area contributed by atoms with Gasteiger partial charge in [0.05, 0.1) is 25.8 Å². The van der Waals surface area contributed by atoms with Crippen LogP contribution >= 0.6 is 28.1 Å². The number of benzene rings is 3. The second kappa shape index (κ2) is 12.1. The highest BCUT2D eigenvalue weighted by molar-refractivity contribution is 9.10. The van der Waals surface area contributed by atoms with Gasteiger partial charge in [-0.15, -0.1) is 0 Å². The number of anilines is 2. The van der Waals surface area contributed by atoms with Crippen LogP contribution in [0.2, 0.25) is 0 Å². The number of carbonyl (C=O) groups excluding carboxylic acids is 3. The van der Waals surface area contributed by atoms with Crippen LogP contribution in [0.25, 0.3) is 0 Å². The molecule has 0 radical (unpaired) electrons. The summed E-state index contributed by atoms with van der Waals surface area (Å²) in [6, 6.07) is 19.4. The molecule has 1 saturated heterocycles. The van der Waals surface area contributed by atoms with E-state index in [1.807, 2.05) is 6.92 Å². The number of hydrogen-bond donors (Lipinski definition) is 2. The van der Waals surface area contributed by atoms with E-state index < -0.39 is 23.8 Å². The zero-order valence-electron chi connectivity index (χ0n) is 20.6. The molecule has 196 valence electrons. The van der Waals surface area contributed by atoms with E-state index in [0.717, 1.165) is 4.47 Å². The number of methoxy groups -OCH3 is 1. The molecule has 9 nitrogen and oxygen atoms in total. The van der Waals surface area contributed by atoms with Crippen molar-refractivity contribution in [2.45, 2.75) is 19.4 Å². The number of halogens is 1. The maximum atomic E-state index is 13.6. The fourth-order valence-corrected chi connectivity index (χ4v) is 4.49. The number of ether oxygens (including phenoxy) is 2. The average Bonchev–Trinajstić information content (AvgIpc) is 3.13. The number of hydrazine groups is 1. The summed E-state index contributed by atoms with van der Waals surface area (Å²) >= 11 is 8.95. The van der Waals surface area contributed by atoms with Crippen LogP contribution in [-0.2, 0) is 9.59 Å². The van der Waals surface area contributed by atoms with Gasteiger partial charge in [-0.1, -0.05) is 22.0 Å². The lowest BCUT2D eigenvalue weighted by atomic mass is 10.1. The smallest absolute Gasteiger partial charge is 0.269 e. The van der Waals surface area contributed by atoms with Crippen molar-refractivity contribution >= 4 is 62.4 Å². The van der Waals surface area contributed by atoms with E-state index in [1.165, 1.54) is 9.91 Å². The zero-order chi connectivity index (χ0) is 27.2. The molecule has 1 fully saturated rings. The lowest BCUT2D eigenvalue weighted by Gasteiger charge is -2.24. The average molecular weight is 597 g/mol. The highest BCUT2D eigenvalue weighted by atomic mass is 79.9. The molecule has 1 heterocycles. The van der Waals surface area contributed by atoms with Crippen molar-refractivity contribution in [1.29, 1.82) is 0 Å². The minimum absolute atomic E-state index is 0.0433. The molecule has 0 spiro atoms. The van der Waals surface area contributed by atoms with Crippen LogP contribution in [-0.4, -0.2) is 47.6 Å². The van der Waals surface area contributed by atoms with Gasteiger partial charge in [0.25, 0.3) is 11.8 Å². The van der Waals surface area contributed by atoms with Gasteiger partial charge in [-0.25, -0.2) is 5.01 Å². The second-order valence-electron chi connectivity index (χ2n) is 8.20. The van der Waals surface area contributed by atoms with Gasteiger partial charge in [0.2, 0.25) is 11.0 Å². The van der Waals surface area contributed by atoms with Crippen LogP contribution in [0, 0.1) is 0 Å². The van der Waals surface area contributed by atoms with E-state index in [1.54, 1.807) is 79.9 Å². The van der Waals surface area contributed by atoms with Gasteiger partial charge < -0.3 is 14.8 Å². The summed E-state index contributed by atoms with van der Waals surface area (Å²) in [4.78, 5) is 40.9. The summed E-state index contributed by atoms with van der Waals surface area (Å²) in [5.74, 6) is -0.137. The fourth-order valence-electron chi connectivity index (χ4n) is 3.86. The molecule has 3 aromatic carbocycles. The Kier molecular flexibility index (Phi) is 8.59. The third-order valence-electron chi connectivity index (χ3n) is 5.68. The summed E-state index contributed by atoms with van der Waals surface area (Å²) in [6.45, 7) is 2.35. The highest BCUT2D eigenvalue weighted by Crippen LogP contribution is 2.28. The van der Waals surface area contributed by atoms with Gasteiger partial charge in [0.1, 0.15) is 17.5 Å². The normalized spacial score (nSPS) is 14.9. The van der Waals surface area contributed by atoms with Crippen LogP contribution in [0.4, 0.5) is 11.4 Å². The van der Waals surface area contributed by atoms with E-state index in [0.29, 0.717) is 35.0 Å². The minimum Gasteiger partial charge on any atom is -0.497 e. The number of amides is 3. The van der Waals surface area contributed by atoms with Crippen molar-refractivity contribution in [1.82, 2.24) is 10.4 Å². The Hall–Kier alpha value is -3.96. The predicted molar refractivity (Wildman–Crippen MR) is 151 cm³/mol. The first kappa shape index (κ1) is 27.1. The third-order valence-corrected chi connectivity index (χ3v) is 6.59. The molecule has 1 atom stereocenters. The minimum atomic E-state index is -1.07. The molecular weight excluding hydrogens is 572 g/mol. The van der Waals surface area contributed by atoms with Crippen LogP contribution in [0.15, 0.2) is 77.3 Å². The van der Waals surface area contributed by atoms with Crippen molar-refractivity contribution in [2.75, 3.05) is 23.9 Å².